The maximum absolute atomic E-state index is 11.4. The standard InChI is InChI=1S/C18H30N2O3/c1-5-11-20(3)14-15-9-10-16(13-17(15)22-4)23-12-7-8-18(21)19-6-2/h9-10,13H,5-8,11-12,14H2,1-4H3,(H,19,21). The summed E-state index contributed by atoms with van der Waals surface area (Å²) in [7, 11) is 3.78. The summed E-state index contributed by atoms with van der Waals surface area (Å²) in [4.78, 5) is 13.6. The Balaban J connectivity index is 2.50. The highest BCUT2D eigenvalue weighted by Crippen LogP contribution is 2.26. The number of methoxy groups -OCH3 is 1. The van der Waals surface area contributed by atoms with Crippen LogP contribution in [0.3, 0.4) is 0 Å². The van der Waals surface area contributed by atoms with Crippen molar-refractivity contribution in [3.8, 4) is 11.5 Å². The first-order valence-corrected chi connectivity index (χ1v) is 8.35. The normalized spacial score (nSPS) is 10.7. The lowest BCUT2D eigenvalue weighted by molar-refractivity contribution is -0.121. The van der Waals surface area contributed by atoms with Gasteiger partial charge in [0.2, 0.25) is 5.91 Å². The molecule has 23 heavy (non-hydrogen) atoms. The zero-order valence-electron chi connectivity index (χ0n) is 14.9. The summed E-state index contributed by atoms with van der Waals surface area (Å²) in [5, 5.41) is 2.78. The Kier molecular flexibility index (Phi) is 9.14. The zero-order valence-corrected chi connectivity index (χ0v) is 14.9. The number of hydrogen-bond donors (Lipinski definition) is 1. The van der Waals surface area contributed by atoms with Gasteiger partial charge in [0.1, 0.15) is 11.5 Å². The van der Waals surface area contributed by atoms with Crippen LogP contribution in [-0.4, -0.2) is 44.7 Å². The molecule has 0 fully saturated rings. The number of ether oxygens (including phenoxy) is 2. The van der Waals surface area contributed by atoms with Gasteiger partial charge in [-0.15, -0.1) is 0 Å². The first-order chi connectivity index (χ1) is 11.1. The summed E-state index contributed by atoms with van der Waals surface area (Å²) < 4.78 is 11.2. The lowest BCUT2D eigenvalue weighted by Crippen LogP contribution is -2.22. The van der Waals surface area contributed by atoms with Gasteiger partial charge < -0.3 is 19.7 Å². The number of hydrogen-bond acceptors (Lipinski definition) is 4. The first-order valence-electron chi connectivity index (χ1n) is 8.35. The van der Waals surface area contributed by atoms with Crippen molar-refractivity contribution in [1.82, 2.24) is 10.2 Å². The predicted molar refractivity (Wildman–Crippen MR) is 93.0 cm³/mol. The Hall–Kier alpha value is -1.75. The van der Waals surface area contributed by atoms with Gasteiger partial charge in [0.25, 0.3) is 0 Å². The molecule has 0 bridgehead atoms. The van der Waals surface area contributed by atoms with Crippen LogP contribution in [0.2, 0.25) is 0 Å². The van der Waals surface area contributed by atoms with E-state index >= 15 is 0 Å². The van der Waals surface area contributed by atoms with Gasteiger partial charge in [-0.25, -0.2) is 0 Å². The third-order valence-corrected chi connectivity index (χ3v) is 3.49. The van der Waals surface area contributed by atoms with Crippen LogP contribution in [0.1, 0.15) is 38.7 Å². The summed E-state index contributed by atoms with van der Waals surface area (Å²) in [5.74, 6) is 1.69. The van der Waals surface area contributed by atoms with Crippen molar-refractivity contribution in [3.63, 3.8) is 0 Å². The number of carbonyl (C=O) groups is 1. The molecular weight excluding hydrogens is 292 g/mol. The molecule has 1 rings (SSSR count). The minimum atomic E-state index is 0.0722. The molecule has 0 aliphatic carbocycles. The summed E-state index contributed by atoms with van der Waals surface area (Å²) >= 11 is 0. The van der Waals surface area contributed by atoms with Gasteiger partial charge in [0.15, 0.2) is 0 Å². The Morgan fingerprint density at radius 3 is 2.74 bits per heavy atom. The van der Waals surface area contributed by atoms with Crippen LogP contribution in [0, 0.1) is 0 Å². The van der Waals surface area contributed by atoms with Crippen LogP contribution in [0.5, 0.6) is 11.5 Å². The van der Waals surface area contributed by atoms with Crippen molar-refractivity contribution in [2.24, 2.45) is 0 Å². The molecule has 1 amide bonds. The molecule has 0 saturated heterocycles. The smallest absolute Gasteiger partial charge is 0.220 e. The number of nitrogens with one attached hydrogen (secondary N) is 1. The lowest BCUT2D eigenvalue weighted by atomic mass is 10.1. The fraction of sp³-hybridized carbons (Fsp3) is 0.611. The van der Waals surface area contributed by atoms with Gasteiger partial charge in [0, 0.05) is 31.1 Å². The molecule has 0 aromatic heterocycles. The minimum absolute atomic E-state index is 0.0722. The number of amides is 1. The second kappa shape index (κ2) is 10.9. The van der Waals surface area contributed by atoms with Crippen molar-refractivity contribution in [2.45, 2.75) is 39.7 Å². The van der Waals surface area contributed by atoms with E-state index in [9.17, 15) is 4.79 Å². The van der Waals surface area contributed by atoms with E-state index in [1.54, 1.807) is 7.11 Å². The number of nitrogens with zero attached hydrogens (tertiary/aromatic N) is 1. The Morgan fingerprint density at radius 2 is 2.09 bits per heavy atom. The van der Waals surface area contributed by atoms with Crippen molar-refractivity contribution in [3.05, 3.63) is 23.8 Å². The molecule has 1 N–H and O–H groups in total. The maximum atomic E-state index is 11.4. The van der Waals surface area contributed by atoms with Crippen LogP contribution in [0.25, 0.3) is 0 Å². The van der Waals surface area contributed by atoms with E-state index in [2.05, 4.69) is 24.2 Å². The van der Waals surface area contributed by atoms with Gasteiger partial charge in [0.05, 0.1) is 13.7 Å². The molecule has 0 radical (unpaired) electrons. The molecule has 0 aliphatic heterocycles. The number of carbonyl (C=O) groups excluding carboxylic acids is 1. The summed E-state index contributed by atoms with van der Waals surface area (Å²) in [6.45, 7) is 7.20. The Bertz CT molecular complexity index is 477. The van der Waals surface area contributed by atoms with E-state index in [4.69, 9.17) is 9.47 Å². The molecule has 1 aromatic carbocycles. The SMILES string of the molecule is CCCN(C)Cc1ccc(OCCCC(=O)NCC)cc1OC. The number of rotatable bonds is 11. The first kappa shape index (κ1) is 19.3. The van der Waals surface area contributed by atoms with Gasteiger partial charge in [-0.05, 0) is 39.4 Å². The largest absolute Gasteiger partial charge is 0.496 e. The van der Waals surface area contributed by atoms with Crippen LogP contribution >= 0.6 is 0 Å². The van der Waals surface area contributed by atoms with E-state index in [0.717, 1.165) is 36.6 Å². The highest BCUT2D eigenvalue weighted by molar-refractivity contribution is 5.75. The number of benzene rings is 1. The van der Waals surface area contributed by atoms with Crippen molar-refractivity contribution in [1.29, 1.82) is 0 Å². The molecule has 0 heterocycles. The zero-order chi connectivity index (χ0) is 17.1. The molecule has 0 saturated carbocycles. The molecular formula is C18H30N2O3. The van der Waals surface area contributed by atoms with E-state index < -0.39 is 0 Å². The molecule has 1 aromatic rings. The molecule has 0 unspecified atom stereocenters. The third-order valence-electron chi connectivity index (χ3n) is 3.49. The third kappa shape index (κ3) is 7.37. The molecule has 130 valence electrons. The van der Waals surface area contributed by atoms with Gasteiger partial charge >= 0.3 is 0 Å². The molecule has 0 aliphatic rings. The minimum Gasteiger partial charge on any atom is -0.496 e. The van der Waals surface area contributed by atoms with Crippen molar-refractivity contribution in [2.75, 3.05) is 33.9 Å². The van der Waals surface area contributed by atoms with E-state index in [0.29, 0.717) is 26.0 Å². The molecule has 5 heteroatoms. The molecule has 5 nitrogen and oxygen atoms in total. The fourth-order valence-corrected chi connectivity index (χ4v) is 2.41. The topological polar surface area (TPSA) is 50.8 Å². The fourth-order valence-electron chi connectivity index (χ4n) is 2.41. The van der Waals surface area contributed by atoms with Crippen LogP contribution < -0.4 is 14.8 Å². The van der Waals surface area contributed by atoms with Gasteiger partial charge in [-0.3, -0.25) is 4.79 Å². The molecule has 0 atom stereocenters. The highest BCUT2D eigenvalue weighted by atomic mass is 16.5. The summed E-state index contributed by atoms with van der Waals surface area (Å²) in [6.07, 6.45) is 2.33. The van der Waals surface area contributed by atoms with Crippen LogP contribution in [0.4, 0.5) is 0 Å². The monoisotopic (exact) mass is 322 g/mol. The van der Waals surface area contributed by atoms with Crippen molar-refractivity contribution >= 4 is 5.91 Å². The van der Waals surface area contributed by atoms with Crippen LogP contribution in [-0.2, 0) is 11.3 Å². The second-order valence-corrected chi connectivity index (χ2v) is 5.62. The Morgan fingerprint density at radius 1 is 1.30 bits per heavy atom. The second-order valence-electron chi connectivity index (χ2n) is 5.62. The lowest BCUT2D eigenvalue weighted by Gasteiger charge is -2.18. The van der Waals surface area contributed by atoms with Gasteiger partial charge in [-0.2, -0.15) is 0 Å². The van der Waals surface area contributed by atoms with Gasteiger partial charge in [-0.1, -0.05) is 13.0 Å². The summed E-state index contributed by atoms with van der Waals surface area (Å²) in [6, 6.07) is 5.93. The average Bonchev–Trinajstić information content (AvgIpc) is 2.53. The Labute approximate surface area is 140 Å². The van der Waals surface area contributed by atoms with E-state index in [-0.39, 0.29) is 5.91 Å². The molecule has 0 spiro atoms. The highest BCUT2D eigenvalue weighted by Gasteiger charge is 2.08. The quantitative estimate of drug-likeness (QED) is 0.637. The predicted octanol–water partition coefficient (Wildman–Crippen LogP) is 2.83. The van der Waals surface area contributed by atoms with Crippen molar-refractivity contribution < 1.29 is 14.3 Å². The van der Waals surface area contributed by atoms with E-state index in [1.807, 2.05) is 25.1 Å². The van der Waals surface area contributed by atoms with Crippen LogP contribution in [0.15, 0.2) is 18.2 Å². The maximum Gasteiger partial charge on any atom is 0.220 e. The summed E-state index contributed by atoms with van der Waals surface area (Å²) in [5.41, 5.74) is 1.15. The average molecular weight is 322 g/mol. The van der Waals surface area contributed by atoms with E-state index in [1.165, 1.54) is 0 Å².